The zero-order chi connectivity index (χ0) is 81.0. The standard InChI is InChI=1S/C22H18N2.2C10H8N4S.C10H10N2.C8H6N4S2.C8H6N4SSe.C8H8N2S.C8H8N2Se/c1-15-13-14-16(2)20-19(15)23-21(17-9-5-3-6-10-17)22(24-20)18-11-7-4-8-12-18;2*1-5-7-8(12-4-3-11-7)6(2)10-9(5)13-15-14-10;1-7-3-4-8(2)10-9(7)11-5-6-12-10;1-3-5-7(11-13-9-5)4(2)8-6(3)10-14-12-8;1-3-5-6(10-13-9-5)4(2)8-7(3)11-14-12-8;2*1-5-3-4-6(2)8-7(5)9-11-10-8/h3-14H,1-2H3;2*3-4H,1-2H3;3-6H,1-2H3;2*1-2H3;2*3-4H,1-2H3. The molecule has 22 rings (SSSR count). The Balaban J connectivity index is 0.000000105. The maximum atomic E-state index is 5.02. The minimum absolute atomic E-state index is 0.0279. The number of aromatic nitrogens is 16. The van der Waals surface area contributed by atoms with Crippen LogP contribution in [0.1, 0.15) is 89.0 Å². The van der Waals surface area contributed by atoms with E-state index in [1.54, 1.807) is 37.2 Å². The van der Waals surface area contributed by atoms with Gasteiger partial charge in [-0.1, -0.05) is 97.1 Å². The van der Waals surface area contributed by atoms with Crippen molar-refractivity contribution in [3.63, 3.8) is 0 Å². The first-order valence-corrected chi connectivity index (χ1v) is 43.9. The van der Waals surface area contributed by atoms with Gasteiger partial charge in [0.2, 0.25) is 0 Å². The number of rotatable bonds is 2. The third kappa shape index (κ3) is 16.0. The summed E-state index contributed by atoms with van der Waals surface area (Å²) >= 11 is 7.63. The first-order chi connectivity index (χ1) is 56.3. The van der Waals surface area contributed by atoms with Gasteiger partial charge in [0.05, 0.1) is 113 Å². The molecule has 0 saturated heterocycles. The van der Waals surface area contributed by atoms with Crippen molar-refractivity contribution >= 4 is 233 Å². The second kappa shape index (κ2) is 35.0. The smallest absolute Gasteiger partial charge is 0.107 e. The van der Waals surface area contributed by atoms with E-state index in [-0.39, 0.29) is 29.9 Å². The molecule has 4 aliphatic heterocycles. The van der Waals surface area contributed by atoms with E-state index in [4.69, 9.17) is 9.97 Å². The van der Waals surface area contributed by atoms with Crippen molar-refractivity contribution in [2.45, 2.75) is 111 Å². The van der Waals surface area contributed by atoms with Gasteiger partial charge >= 0.3 is 161 Å². The molecule has 8 aromatic heterocycles. The van der Waals surface area contributed by atoms with E-state index in [2.05, 4.69) is 226 Å². The number of fused-ring (bicyclic) bond motifs is 12. The molecule has 0 radical (unpaired) electrons. The Kier molecular flexibility index (Phi) is 24.1. The largest absolute Gasteiger partial charge is 0.253 e. The molecule has 24 nitrogen and oxygen atoms in total. The van der Waals surface area contributed by atoms with Gasteiger partial charge in [-0.3, -0.25) is 29.9 Å². The molecule has 32 heteroatoms. The first kappa shape index (κ1) is 79.9. The van der Waals surface area contributed by atoms with Crippen LogP contribution >= 0.6 is 23.5 Å². The second-order valence-corrected chi connectivity index (χ2v) is 33.0. The maximum Gasteiger partial charge on any atom is 0.107 e. The fourth-order valence-electron chi connectivity index (χ4n) is 13.3. The van der Waals surface area contributed by atoms with E-state index < -0.39 is 0 Å². The number of hydrogen-bond acceptors (Lipinski definition) is 26. The number of hydrogen-bond donors (Lipinski definition) is 0. The molecule has 0 unspecified atom stereocenters. The first-order valence-electron chi connectivity index (χ1n) is 36.5. The van der Waals surface area contributed by atoms with Crippen molar-refractivity contribution in [3.05, 3.63) is 235 Å². The second-order valence-electron chi connectivity index (χ2n) is 27.6. The molecule has 18 aromatic rings. The van der Waals surface area contributed by atoms with Crippen molar-refractivity contribution in [2.75, 3.05) is 0 Å². The predicted octanol–water partition coefficient (Wildman–Crippen LogP) is 22.4. The minimum Gasteiger partial charge on any atom is -0.253 e. The van der Waals surface area contributed by atoms with Crippen LogP contribution in [0.15, 0.2) is 181 Å². The normalized spacial score (nSPS) is 11.9. The topological polar surface area (TPSA) is 305 Å². The Hall–Kier alpha value is -11.3. The van der Waals surface area contributed by atoms with E-state index in [1.807, 2.05) is 91.8 Å². The summed E-state index contributed by atoms with van der Waals surface area (Å²) in [5.74, 6) is 0. The zero-order valence-electron chi connectivity index (χ0n) is 65.9. The minimum atomic E-state index is 0.0279. The molecule has 10 aromatic carbocycles. The summed E-state index contributed by atoms with van der Waals surface area (Å²) in [6, 6.07) is 37.3. The summed E-state index contributed by atoms with van der Waals surface area (Å²) in [4.78, 5) is 36.0. The van der Waals surface area contributed by atoms with Crippen LogP contribution in [0.25, 0.3) is 111 Å². The van der Waals surface area contributed by atoms with Crippen LogP contribution in [0.4, 0.5) is 45.5 Å². The van der Waals surface area contributed by atoms with Crippen LogP contribution in [0.2, 0.25) is 0 Å². The molecular formula is C84H72N24S6Se2. The Morgan fingerprint density at radius 3 is 0.707 bits per heavy atom. The molecule has 12 heterocycles. The number of aryl methyl sites for hydroxylation is 16. The van der Waals surface area contributed by atoms with Crippen molar-refractivity contribution in [2.24, 2.45) is 34.9 Å². The molecule has 0 aliphatic carbocycles. The monoisotopic (exact) mass is 1770 g/mol. The Labute approximate surface area is 703 Å². The van der Waals surface area contributed by atoms with Crippen molar-refractivity contribution in [3.8, 4) is 22.5 Å². The van der Waals surface area contributed by atoms with Crippen LogP contribution in [-0.2, 0) is 45.4 Å². The van der Waals surface area contributed by atoms with E-state index in [9.17, 15) is 0 Å². The predicted molar refractivity (Wildman–Crippen MR) is 479 cm³/mol. The summed E-state index contributed by atoms with van der Waals surface area (Å²) in [6.07, 6.45) is 10.3. The van der Waals surface area contributed by atoms with Gasteiger partial charge in [-0.2, -0.15) is 43.7 Å². The van der Waals surface area contributed by atoms with Crippen LogP contribution in [0, 0.1) is 111 Å². The zero-order valence-corrected chi connectivity index (χ0v) is 74.2. The molecule has 0 fully saturated rings. The summed E-state index contributed by atoms with van der Waals surface area (Å²) in [6.45, 7) is 32.8. The quantitative estimate of drug-likeness (QED) is 0.145. The SMILES string of the molecule is Cc1c2c(c(C)c3n[se]nc13)N=S=N2.Cc1c2c(c(C)c3nccnc13)N=S=N2.Cc1c2c(c(C)c3nccnc13)N=S=N2.Cc1c2c(c(C)c3nsnc13)N=S=N2.Cc1ccc(C)c2n[se]nc12.Cc1ccc(C)c2nc(-c3ccccc3)c(-c3ccccc3)nc12.Cc1ccc(C)c2nccnc12.Cc1ccc(C)c2nsnc12. The van der Waals surface area contributed by atoms with Gasteiger partial charge in [0.25, 0.3) is 0 Å². The number of benzene rings is 10. The van der Waals surface area contributed by atoms with Gasteiger partial charge in [0, 0.05) is 81.7 Å². The average Bonchev–Trinajstić information content (AvgIpc) is 1.60. The van der Waals surface area contributed by atoms with Crippen molar-refractivity contribution in [1.29, 1.82) is 0 Å². The summed E-state index contributed by atoms with van der Waals surface area (Å²) in [5, 5.41) is 0. The van der Waals surface area contributed by atoms with Crippen LogP contribution in [0.3, 0.4) is 0 Å². The van der Waals surface area contributed by atoms with Gasteiger partial charge in [-0.15, -0.1) is 0 Å². The summed E-state index contributed by atoms with van der Waals surface area (Å²) < 4.78 is 68.8. The van der Waals surface area contributed by atoms with E-state index >= 15 is 0 Å². The third-order valence-corrected chi connectivity index (χ3v) is 25.4. The summed E-state index contributed by atoms with van der Waals surface area (Å²) in [7, 11) is 0. The van der Waals surface area contributed by atoms with Crippen molar-refractivity contribution < 1.29 is 0 Å². The Morgan fingerprint density at radius 1 is 0.207 bits per heavy atom. The molecule has 4 aliphatic rings. The van der Waals surface area contributed by atoms with E-state index in [0.29, 0.717) is 0 Å². The van der Waals surface area contributed by atoms with Crippen LogP contribution in [0.5, 0.6) is 0 Å². The summed E-state index contributed by atoms with van der Waals surface area (Å²) in [5.41, 5.74) is 46.0. The average molecular weight is 1770 g/mol. The fourth-order valence-corrected chi connectivity index (χ4v) is 20.0. The van der Waals surface area contributed by atoms with Crippen LogP contribution < -0.4 is 0 Å². The van der Waals surface area contributed by atoms with Gasteiger partial charge in [0.1, 0.15) is 56.2 Å². The molecule has 0 bridgehead atoms. The molecule has 0 amide bonds. The Morgan fingerprint density at radius 2 is 0.422 bits per heavy atom. The van der Waals surface area contributed by atoms with Crippen LogP contribution in [-0.4, -0.2) is 103 Å². The molecular weight excluding hydrogens is 1700 g/mol. The maximum absolute atomic E-state index is 5.02. The van der Waals surface area contributed by atoms with E-state index in [0.717, 1.165) is 212 Å². The molecule has 0 saturated carbocycles. The molecule has 0 spiro atoms. The Bertz CT molecular complexity index is 6560. The van der Waals surface area contributed by atoms with Crippen molar-refractivity contribution in [1.82, 2.24) is 73.3 Å². The third-order valence-electron chi connectivity index (χ3n) is 20.0. The molecule has 0 atom stereocenters. The van der Waals surface area contributed by atoms with Gasteiger partial charge in [0.15, 0.2) is 0 Å². The van der Waals surface area contributed by atoms with Gasteiger partial charge < -0.3 is 0 Å². The number of nitrogens with zero attached hydrogens (tertiary/aromatic N) is 24. The van der Waals surface area contributed by atoms with Gasteiger partial charge in [-0.05, 0) is 116 Å². The fraction of sp³-hybridized carbons (Fsp3) is 0.190. The van der Waals surface area contributed by atoms with E-state index in [1.165, 1.54) is 102 Å². The molecule has 116 heavy (non-hydrogen) atoms. The van der Waals surface area contributed by atoms with Gasteiger partial charge in [-0.25, -0.2) is 9.97 Å². The molecule has 0 N–H and O–H groups in total. The molecule has 576 valence electrons.